The molecular weight excluding hydrogens is 252 g/mol. The maximum Gasteiger partial charge on any atom is 0.229 e. The maximum absolute atomic E-state index is 9.81. The van der Waals surface area contributed by atoms with E-state index in [-0.39, 0.29) is 0 Å². The third-order valence-corrected chi connectivity index (χ3v) is 3.09. The Bertz CT molecular complexity index is 421. The molecule has 0 aromatic heterocycles. The van der Waals surface area contributed by atoms with Gasteiger partial charge in [0.15, 0.2) is 0 Å². The van der Waals surface area contributed by atoms with Crippen LogP contribution >= 0.6 is 0 Å². The number of benzene rings is 1. The van der Waals surface area contributed by atoms with Crippen LogP contribution in [0.2, 0.25) is 0 Å². The summed E-state index contributed by atoms with van der Waals surface area (Å²) in [5.41, 5.74) is 0.974. The number of ether oxygens (including phenoxy) is 2. The number of aryl methyl sites for hydroxylation is 1. The molecule has 0 radical (unpaired) electrons. The largest absolute Gasteiger partial charge is 0.462 e. The predicted octanol–water partition coefficient (Wildman–Crippen LogP) is -0.826. The third-order valence-electron chi connectivity index (χ3n) is 3.09. The fourth-order valence-electron chi connectivity index (χ4n) is 1.99. The summed E-state index contributed by atoms with van der Waals surface area (Å²) >= 11 is 0. The lowest BCUT2D eigenvalue weighted by Gasteiger charge is -2.39. The first-order valence-electron chi connectivity index (χ1n) is 6.07. The molecule has 4 N–H and O–H groups in total. The van der Waals surface area contributed by atoms with Crippen molar-refractivity contribution >= 4 is 0 Å². The first kappa shape index (κ1) is 14.2. The highest BCUT2D eigenvalue weighted by Crippen LogP contribution is 2.24. The van der Waals surface area contributed by atoms with Gasteiger partial charge in [-0.3, -0.25) is 0 Å². The summed E-state index contributed by atoms with van der Waals surface area (Å²) in [6.45, 7) is 1.42. The van der Waals surface area contributed by atoms with E-state index in [0.29, 0.717) is 5.75 Å². The summed E-state index contributed by atoms with van der Waals surface area (Å²) in [4.78, 5) is 0. The van der Waals surface area contributed by atoms with E-state index in [1.165, 1.54) is 0 Å². The summed E-state index contributed by atoms with van der Waals surface area (Å²) in [5.74, 6) is 0.476. The molecule has 1 heterocycles. The van der Waals surface area contributed by atoms with Crippen molar-refractivity contribution in [2.45, 2.75) is 37.6 Å². The van der Waals surface area contributed by atoms with Crippen LogP contribution in [-0.4, -0.2) is 57.7 Å². The lowest BCUT2D eigenvalue weighted by atomic mass is 9.99. The smallest absolute Gasteiger partial charge is 0.229 e. The molecule has 1 aromatic rings. The Hall–Kier alpha value is -1.18. The number of hydrogen-bond donors (Lipinski definition) is 4. The Morgan fingerprint density at radius 1 is 1.16 bits per heavy atom. The van der Waals surface area contributed by atoms with E-state index in [4.69, 9.17) is 14.6 Å². The van der Waals surface area contributed by atoms with Gasteiger partial charge in [-0.25, -0.2) is 0 Å². The molecule has 0 aliphatic carbocycles. The number of aliphatic hydroxyl groups is 4. The molecule has 0 spiro atoms. The molecule has 1 fully saturated rings. The predicted molar refractivity (Wildman–Crippen MR) is 65.6 cm³/mol. The zero-order valence-electron chi connectivity index (χ0n) is 10.5. The van der Waals surface area contributed by atoms with Gasteiger partial charge in [0.05, 0.1) is 6.61 Å². The minimum atomic E-state index is -1.43. The molecule has 19 heavy (non-hydrogen) atoms. The summed E-state index contributed by atoms with van der Waals surface area (Å²) < 4.78 is 10.7. The molecule has 1 aromatic carbocycles. The summed E-state index contributed by atoms with van der Waals surface area (Å²) in [6.07, 6.45) is -6.30. The second kappa shape index (κ2) is 5.85. The Balaban J connectivity index is 2.10. The molecule has 5 atom stereocenters. The molecular formula is C13H18O6. The quantitative estimate of drug-likeness (QED) is 0.572. The monoisotopic (exact) mass is 270 g/mol. The average Bonchev–Trinajstić information content (AvgIpc) is 2.39. The first-order valence-corrected chi connectivity index (χ1v) is 6.07. The maximum atomic E-state index is 9.81. The van der Waals surface area contributed by atoms with Gasteiger partial charge < -0.3 is 29.9 Å². The molecule has 0 saturated carbocycles. The van der Waals surface area contributed by atoms with Crippen molar-refractivity contribution in [1.82, 2.24) is 0 Å². The van der Waals surface area contributed by atoms with Gasteiger partial charge in [-0.05, 0) is 24.6 Å². The van der Waals surface area contributed by atoms with Gasteiger partial charge in [-0.1, -0.05) is 12.1 Å². The lowest BCUT2D eigenvalue weighted by Crippen LogP contribution is -2.60. The van der Waals surface area contributed by atoms with Crippen LogP contribution in [0.4, 0.5) is 0 Å². The zero-order valence-corrected chi connectivity index (χ0v) is 10.5. The number of hydrogen-bond acceptors (Lipinski definition) is 6. The molecule has 6 nitrogen and oxygen atoms in total. The van der Waals surface area contributed by atoms with E-state index in [0.717, 1.165) is 5.56 Å². The summed E-state index contributed by atoms with van der Waals surface area (Å²) in [5, 5.41) is 38.1. The normalized spacial score (nSPS) is 35.1. The molecule has 0 bridgehead atoms. The SMILES string of the molecule is Cc1cccc(O[C@H]2O[C@H](CO)[C@@H](O)[C@H](O)[C@H]2O)c1. The van der Waals surface area contributed by atoms with Crippen LogP contribution in [-0.2, 0) is 4.74 Å². The highest BCUT2D eigenvalue weighted by molar-refractivity contribution is 5.27. The van der Waals surface area contributed by atoms with Gasteiger partial charge in [-0.15, -0.1) is 0 Å². The summed E-state index contributed by atoms with van der Waals surface area (Å²) in [7, 11) is 0. The molecule has 6 heteroatoms. The number of aliphatic hydroxyl groups excluding tert-OH is 4. The van der Waals surface area contributed by atoms with E-state index >= 15 is 0 Å². The van der Waals surface area contributed by atoms with Crippen molar-refractivity contribution in [1.29, 1.82) is 0 Å². The van der Waals surface area contributed by atoms with E-state index in [1.54, 1.807) is 18.2 Å². The highest BCUT2D eigenvalue weighted by Gasteiger charge is 2.44. The standard InChI is InChI=1S/C13H18O6/c1-7-3-2-4-8(5-7)18-13-12(17)11(16)10(15)9(6-14)19-13/h2-5,9-17H,6H2,1H3/t9-,10-,11+,12-,13+/m1/s1. The average molecular weight is 270 g/mol. The van der Waals surface area contributed by atoms with Crippen LogP contribution in [0, 0.1) is 6.92 Å². The molecule has 1 aliphatic heterocycles. The fourth-order valence-corrected chi connectivity index (χ4v) is 1.99. The minimum Gasteiger partial charge on any atom is -0.462 e. The molecule has 0 unspecified atom stereocenters. The fraction of sp³-hybridized carbons (Fsp3) is 0.538. The van der Waals surface area contributed by atoms with Crippen LogP contribution in [0.25, 0.3) is 0 Å². The Kier molecular flexibility index (Phi) is 4.38. The molecule has 106 valence electrons. The van der Waals surface area contributed by atoms with Crippen molar-refractivity contribution in [3.05, 3.63) is 29.8 Å². The van der Waals surface area contributed by atoms with Gasteiger partial charge in [0.25, 0.3) is 0 Å². The van der Waals surface area contributed by atoms with Crippen molar-refractivity contribution in [3.63, 3.8) is 0 Å². The third kappa shape index (κ3) is 3.05. The minimum absolute atomic E-state index is 0.474. The van der Waals surface area contributed by atoms with E-state index < -0.39 is 37.3 Å². The highest BCUT2D eigenvalue weighted by atomic mass is 16.7. The molecule has 1 saturated heterocycles. The van der Waals surface area contributed by atoms with Crippen LogP contribution in [0.1, 0.15) is 5.56 Å². The van der Waals surface area contributed by atoms with Gasteiger partial charge in [-0.2, -0.15) is 0 Å². The van der Waals surface area contributed by atoms with Crippen LogP contribution in [0.5, 0.6) is 5.75 Å². The van der Waals surface area contributed by atoms with Gasteiger partial charge in [0.2, 0.25) is 6.29 Å². The van der Waals surface area contributed by atoms with Crippen LogP contribution in [0.3, 0.4) is 0 Å². The van der Waals surface area contributed by atoms with Gasteiger partial charge in [0, 0.05) is 0 Å². The van der Waals surface area contributed by atoms with Crippen LogP contribution < -0.4 is 4.74 Å². The second-order valence-corrected chi connectivity index (χ2v) is 4.63. The Morgan fingerprint density at radius 2 is 1.89 bits per heavy atom. The molecule has 1 aliphatic rings. The topological polar surface area (TPSA) is 99.4 Å². The van der Waals surface area contributed by atoms with Gasteiger partial charge in [0.1, 0.15) is 30.2 Å². The molecule has 2 rings (SSSR count). The summed E-state index contributed by atoms with van der Waals surface area (Å²) in [6, 6.07) is 7.12. The van der Waals surface area contributed by atoms with Crippen molar-refractivity contribution in [3.8, 4) is 5.75 Å². The van der Waals surface area contributed by atoms with Crippen LogP contribution in [0.15, 0.2) is 24.3 Å². The second-order valence-electron chi connectivity index (χ2n) is 4.63. The van der Waals surface area contributed by atoms with E-state index in [9.17, 15) is 15.3 Å². The lowest BCUT2D eigenvalue weighted by molar-refractivity contribution is -0.277. The van der Waals surface area contributed by atoms with E-state index in [2.05, 4.69) is 0 Å². The van der Waals surface area contributed by atoms with Crippen molar-refractivity contribution in [2.75, 3.05) is 6.61 Å². The van der Waals surface area contributed by atoms with E-state index in [1.807, 2.05) is 13.0 Å². The van der Waals surface area contributed by atoms with Crippen molar-refractivity contribution < 1.29 is 29.9 Å². The number of rotatable bonds is 3. The van der Waals surface area contributed by atoms with Crippen molar-refractivity contribution in [2.24, 2.45) is 0 Å². The Morgan fingerprint density at radius 3 is 2.53 bits per heavy atom. The zero-order chi connectivity index (χ0) is 14.0. The Labute approximate surface area is 110 Å². The first-order chi connectivity index (χ1) is 9.02. The molecule has 0 amide bonds. The van der Waals surface area contributed by atoms with Gasteiger partial charge >= 0.3 is 0 Å².